The Morgan fingerprint density at radius 1 is 1.45 bits per heavy atom. The molecule has 1 aromatic rings. The molecule has 0 saturated heterocycles. The zero-order valence-electron chi connectivity index (χ0n) is 12.4. The van der Waals surface area contributed by atoms with Gasteiger partial charge >= 0.3 is 0 Å². The summed E-state index contributed by atoms with van der Waals surface area (Å²) >= 11 is 0. The predicted molar refractivity (Wildman–Crippen MR) is 77.1 cm³/mol. The first-order valence-corrected chi connectivity index (χ1v) is 8.23. The second kappa shape index (κ2) is 8.35. The van der Waals surface area contributed by atoms with E-state index in [-0.39, 0.29) is 4.90 Å². The molecule has 1 heterocycles. The maximum absolute atomic E-state index is 12.3. The fraction of sp³-hybridized carbons (Fsp3) is 0.750. The molecule has 0 bridgehead atoms. The Morgan fingerprint density at radius 3 is 2.85 bits per heavy atom. The van der Waals surface area contributed by atoms with Gasteiger partial charge in [-0.3, -0.25) is 4.68 Å². The van der Waals surface area contributed by atoms with Crippen LogP contribution in [0.2, 0.25) is 0 Å². The highest BCUT2D eigenvalue weighted by molar-refractivity contribution is 7.89. The molecule has 8 heteroatoms. The molecule has 0 aliphatic heterocycles. The average Bonchev–Trinajstić information content (AvgIpc) is 2.88. The van der Waals surface area contributed by atoms with Crippen LogP contribution < -0.4 is 5.32 Å². The number of nitrogens with zero attached hydrogens (tertiary/aromatic N) is 3. The molecule has 1 N–H and O–H groups in total. The van der Waals surface area contributed by atoms with Crippen LogP contribution in [0.25, 0.3) is 0 Å². The van der Waals surface area contributed by atoms with Crippen LogP contribution in [0, 0.1) is 0 Å². The lowest BCUT2D eigenvalue weighted by atomic mass is 10.6. The third-order valence-corrected chi connectivity index (χ3v) is 4.65. The highest BCUT2D eigenvalue weighted by atomic mass is 32.2. The van der Waals surface area contributed by atoms with E-state index in [1.165, 1.54) is 10.5 Å². The van der Waals surface area contributed by atoms with Crippen LogP contribution in [-0.4, -0.2) is 62.4 Å². The van der Waals surface area contributed by atoms with Crippen molar-refractivity contribution in [2.75, 3.05) is 39.9 Å². The molecule has 0 spiro atoms. The molecule has 0 aliphatic carbocycles. The van der Waals surface area contributed by atoms with Gasteiger partial charge in [0, 0.05) is 32.9 Å². The Kier molecular flexibility index (Phi) is 7.14. The summed E-state index contributed by atoms with van der Waals surface area (Å²) in [4.78, 5) is 0.216. The number of likely N-dealkylation sites (N-methyl/N-ethyl adjacent to an activating group) is 2. The van der Waals surface area contributed by atoms with Crippen LogP contribution in [0.4, 0.5) is 0 Å². The highest BCUT2D eigenvalue weighted by Gasteiger charge is 2.22. The second-order valence-corrected chi connectivity index (χ2v) is 6.36. The molecule has 7 nitrogen and oxygen atoms in total. The van der Waals surface area contributed by atoms with Crippen LogP contribution in [0.15, 0.2) is 17.3 Å². The molecule has 0 saturated carbocycles. The Bertz CT molecular complexity index is 487. The van der Waals surface area contributed by atoms with Crippen LogP contribution in [-0.2, 0) is 21.3 Å². The molecule has 0 aliphatic rings. The number of rotatable bonds is 10. The van der Waals surface area contributed by atoms with E-state index in [2.05, 4.69) is 10.4 Å². The van der Waals surface area contributed by atoms with Gasteiger partial charge in [-0.05, 0) is 13.5 Å². The summed E-state index contributed by atoms with van der Waals surface area (Å²) in [5.41, 5.74) is 0. The van der Waals surface area contributed by atoms with Gasteiger partial charge < -0.3 is 10.1 Å². The first-order valence-electron chi connectivity index (χ1n) is 6.79. The molecule has 0 radical (unpaired) electrons. The molecule has 116 valence electrons. The summed E-state index contributed by atoms with van der Waals surface area (Å²) in [6, 6.07) is 0. The minimum Gasteiger partial charge on any atom is -0.380 e. The van der Waals surface area contributed by atoms with Crippen molar-refractivity contribution in [3.8, 4) is 0 Å². The number of hydrogen-bond acceptors (Lipinski definition) is 5. The number of aromatic nitrogens is 2. The van der Waals surface area contributed by atoms with Gasteiger partial charge in [0.25, 0.3) is 0 Å². The Hall–Kier alpha value is -0.960. The lowest BCUT2D eigenvalue weighted by molar-refractivity contribution is 0.138. The van der Waals surface area contributed by atoms with Crippen molar-refractivity contribution in [1.29, 1.82) is 0 Å². The predicted octanol–water partition coefficient (Wildman–Crippen LogP) is 0.150. The third kappa shape index (κ3) is 4.86. The summed E-state index contributed by atoms with van der Waals surface area (Å²) in [5.74, 6) is 0. The lowest BCUT2D eigenvalue weighted by Crippen LogP contribution is -2.30. The second-order valence-electron chi connectivity index (χ2n) is 4.32. The van der Waals surface area contributed by atoms with Crippen molar-refractivity contribution in [2.24, 2.45) is 0 Å². The monoisotopic (exact) mass is 304 g/mol. The van der Waals surface area contributed by atoms with Gasteiger partial charge in [-0.15, -0.1) is 0 Å². The molecule has 0 amide bonds. The Morgan fingerprint density at radius 2 is 2.20 bits per heavy atom. The normalized spacial score (nSPS) is 12.2. The average molecular weight is 304 g/mol. The summed E-state index contributed by atoms with van der Waals surface area (Å²) < 4.78 is 32.6. The smallest absolute Gasteiger partial charge is 0.246 e. The molecule has 1 rings (SSSR count). The van der Waals surface area contributed by atoms with Crippen LogP contribution in [0.5, 0.6) is 0 Å². The topological polar surface area (TPSA) is 76.5 Å². The third-order valence-electron chi connectivity index (χ3n) is 2.84. The van der Waals surface area contributed by atoms with Crippen LogP contribution in [0.1, 0.15) is 13.8 Å². The van der Waals surface area contributed by atoms with Gasteiger partial charge in [-0.1, -0.05) is 6.92 Å². The molecular formula is C12H24N4O3S. The van der Waals surface area contributed by atoms with Crippen molar-refractivity contribution >= 4 is 10.0 Å². The van der Waals surface area contributed by atoms with Gasteiger partial charge in [0.15, 0.2) is 0 Å². The van der Waals surface area contributed by atoms with E-state index in [1.807, 2.05) is 13.8 Å². The summed E-state index contributed by atoms with van der Waals surface area (Å²) in [6.45, 7) is 7.49. The number of sulfonamides is 1. The summed E-state index contributed by atoms with van der Waals surface area (Å²) in [5, 5.41) is 7.24. The first kappa shape index (κ1) is 17.1. The van der Waals surface area contributed by atoms with Gasteiger partial charge in [-0.2, -0.15) is 9.40 Å². The Balaban J connectivity index is 2.62. The molecule has 0 atom stereocenters. The maximum Gasteiger partial charge on any atom is 0.246 e. The van der Waals surface area contributed by atoms with Gasteiger partial charge in [-0.25, -0.2) is 8.42 Å². The molecular weight excluding hydrogens is 280 g/mol. The molecule has 0 fully saturated rings. The van der Waals surface area contributed by atoms with E-state index in [4.69, 9.17) is 4.74 Å². The van der Waals surface area contributed by atoms with Crippen LogP contribution >= 0.6 is 0 Å². The van der Waals surface area contributed by atoms with Crippen molar-refractivity contribution in [3.63, 3.8) is 0 Å². The van der Waals surface area contributed by atoms with E-state index in [0.29, 0.717) is 26.3 Å². The number of hydrogen-bond donors (Lipinski definition) is 1. The molecule has 20 heavy (non-hydrogen) atoms. The minimum atomic E-state index is -3.48. The van der Waals surface area contributed by atoms with E-state index < -0.39 is 10.0 Å². The Labute approximate surface area is 121 Å². The van der Waals surface area contributed by atoms with Crippen molar-refractivity contribution in [3.05, 3.63) is 12.4 Å². The zero-order valence-corrected chi connectivity index (χ0v) is 13.2. The molecule has 0 unspecified atom stereocenters. The van der Waals surface area contributed by atoms with E-state index >= 15 is 0 Å². The standard InChI is InChI=1S/C12H24N4O3S/c1-4-13-6-7-16-11-12(10-14-16)20(17,18)15(3)8-9-19-5-2/h10-11,13H,4-9H2,1-3H3. The summed E-state index contributed by atoms with van der Waals surface area (Å²) in [6.07, 6.45) is 2.95. The fourth-order valence-electron chi connectivity index (χ4n) is 1.61. The molecule has 0 aromatic carbocycles. The zero-order chi connectivity index (χ0) is 15.0. The van der Waals surface area contributed by atoms with Gasteiger partial charge in [0.05, 0.1) is 19.3 Å². The largest absolute Gasteiger partial charge is 0.380 e. The van der Waals surface area contributed by atoms with Crippen molar-refractivity contribution in [1.82, 2.24) is 19.4 Å². The number of ether oxygens (including phenoxy) is 1. The maximum atomic E-state index is 12.3. The summed E-state index contributed by atoms with van der Waals surface area (Å²) in [7, 11) is -1.93. The first-order chi connectivity index (χ1) is 9.52. The highest BCUT2D eigenvalue weighted by Crippen LogP contribution is 2.12. The van der Waals surface area contributed by atoms with Gasteiger partial charge in [0.1, 0.15) is 4.90 Å². The van der Waals surface area contributed by atoms with E-state index in [1.54, 1.807) is 17.9 Å². The quantitative estimate of drug-likeness (QED) is 0.623. The van der Waals surface area contributed by atoms with Crippen molar-refractivity contribution in [2.45, 2.75) is 25.3 Å². The van der Waals surface area contributed by atoms with Gasteiger partial charge in [0.2, 0.25) is 10.0 Å². The number of nitrogens with one attached hydrogen (secondary N) is 1. The minimum absolute atomic E-state index is 0.216. The van der Waals surface area contributed by atoms with E-state index in [9.17, 15) is 8.42 Å². The SMILES string of the molecule is CCNCCn1cc(S(=O)(=O)N(C)CCOCC)cn1. The molecule has 1 aromatic heterocycles. The van der Waals surface area contributed by atoms with E-state index in [0.717, 1.165) is 13.1 Å². The fourth-order valence-corrected chi connectivity index (χ4v) is 2.72. The van der Waals surface area contributed by atoms with Crippen LogP contribution in [0.3, 0.4) is 0 Å². The van der Waals surface area contributed by atoms with Crippen molar-refractivity contribution < 1.29 is 13.2 Å². The lowest BCUT2D eigenvalue weighted by Gasteiger charge is -2.15.